The smallest absolute Gasteiger partial charge is 0.264 e. The zero-order chi connectivity index (χ0) is 30.0. The number of anilines is 1. The lowest BCUT2D eigenvalue weighted by Gasteiger charge is -2.33. The van der Waals surface area contributed by atoms with Crippen LogP contribution >= 0.6 is 0 Å². The van der Waals surface area contributed by atoms with Crippen LogP contribution in [0.25, 0.3) is 0 Å². The van der Waals surface area contributed by atoms with Crippen molar-refractivity contribution in [1.82, 2.24) is 10.2 Å². The van der Waals surface area contributed by atoms with Gasteiger partial charge in [-0.25, -0.2) is 8.42 Å². The highest BCUT2D eigenvalue weighted by atomic mass is 32.2. The summed E-state index contributed by atoms with van der Waals surface area (Å²) in [5.74, 6) is -0.119. The van der Waals surface area contributed by atoms with E-state index in [9.17, 15) is 18.0 Å². The predicted molar refractivity (Wildman–Crippen MR) is 162 cm³/mol. The Labute approximate surface area is 244 Å². The summed E-state index contributed by atoms with van der Waals surface area (Å²) in [7, 11) is -2.55. The Morgan fingerprint density at radius 1 is 0.951 bits per heavy atom. The van der Waals surface area contributed by atoms with Crippen molar-refractivity contribution in [1.29, 1.82) is 0 Å². The number of carbonyl (C=O) groups is 2. The van der Waals surface area contributed by atoms with Crippen molar-refractivity contribution in [3.63, 3.8) is 0 Å². The van der Waals surface area contributed by atoms with Crippen LogP contribution in [0.3, 0.4) is 0 Å². The van der Waals surface area contributed by atoms with Crippen LogP contribution < -0.4 is 14.4 Å². The molecular formula is C32H41N3O5S. The van der Waals surface area contributed by atoms with Gasteiger partial charge in [0.1, 0.15) is 18.3 Å². The Morgan fingerprint density at radius 3 is 2.34 bits per heavy atom. The Hall–Kier alpha value is -3.85. The first-order valence-corrected chi connectivity index (χ1v) is 15.4. The number of aryl methyl sites for hydroxylation is 2. The van der Waals surface area contributed by atoms with Crippen molar-refractivity contribution in [2.24, 2.45) is 0 Å². The number of rotatable bonds is 14. The number of nitrogens with zero attached hydrogens (tertiary/aromatic N) is 2. The van der Waals surface area contributed by atoms with Crippen LogP contribution in [0.5, 0.6) is 5.75 Å². The first-order chi connectivity index (χ1) is 19.6. The van der Waals surface area contributed by atoms with Gasteiger partial charge in [0.05, 0.1) is 17.7 Å². The van der Waals surface area contributed by atoms with Crippen molar-refractivity contribution in [2.75, 3.05) is 24.5 Å². The van der Waals surface area contributed by atoms with Gasteiger partial charge in [0.25, 0.3) is 10.0 Å². The third kappa shape index (κ3) is 8.10. The first-order valence-electron chi connectivity index (χ1n) is 14.0. The van der Waals surface area contributed by atoms with E-state index in [1.54, 1.807) is 37.4 Å². The standard InChI is InChI=1S/C32H41N3O5S/c1-6-8-19-33-32(37)29(7-2)34(22-26-13-12-14-27(21-26)40-5)31(36)23-35(30-20-24(3)17-18-25(30)4)41(38,39)28-15-10-9-11-16-28/h9-18,20-21,29H,6-8,19,22-23H2,1-5H3,(H,33,37). The molecule has 3 aromatic carbocycles. The maximum absolute atomic E-state index is 14.2. The number of benzene rings is 3. The second-order valence-corrected chi connectivity index (χ2v) is 11.9. The average Bonchev–Trinajstić information content (AvgIpc) is 2.97. The highest BCUT2D eigenvalue weighted by Crippen LogP contribution is 2.29. The largest absolute Gasteiger partial charge is 0.497 e. The van der Waals surface area contributed by atoms with E-state index >= 15 is 0 Å². The van der Waals surface area contributed by atoms with E-state index in [2.05, 4.69) is 5.32 Å². The van der Waals surface area contributed by atoms with Crippen LogP contribution in [0.4, 0.5) is 5.69 Å². The number of methoxy groups -OCH3 is 1. The highest BCUT2D eigenvalue weighted by Gasteiger charge is 2.34. The van der Waals surface area contributed by atoms with E-state index in [-0.39, 0.29) is 17.3 Å². The molecule has 1 N–H and O–H groups in total. The summed E-state index contributed by atoms with van der Waals surface area (Å²) in [5, 5.41) is 2.95. The molecule has 0 heterocycles. The third-order valence-corrected chi connectivity index (χ3v) is 8.72. The quantitative estimate of drug-likeness (QED) is 0.264. The first kappa shape index (κ1) is 31.7. The van der Waals surface area contributed by atoms with E-state index in [0.717, 1.165) is 28.3 Å². The summed E-state index contributed by atoms with van der Waals surface area (Å²) >= 11 is 0. The summed E-state index contributed by atoms with van der Waals surface area (Å²) in [6.45, 7) is 7.73. The molecule has 8 nitrogen and oxygen atoms in total. The summed E-state index contributed by atoms with van der Waals surface area (Å²) in [4.78, 5) is 29.1. The molecular weight excluding hydrogens is 538 g/mol. The number of ether oxygens (including phenoxy) is 1. The Kier molecular flexibility index (Phi) is 11.3. The molecule has 0 aromatic heterocycles. The zero-order valence-corrected chi connectivity index (χ0v) is 25.4. The molecule has 0 saturated carbocycles. The van der Waals surface area contributed by atoms with Crippen LogP contribution in [0.1, 0.15) is 49.8 Å². The summed E-state index contributed by atoms with van der Waals surface area (Å²) < 4.78 is 34.5. The van der Waals surface area contributed by atoms with Crippen molar-refractivity contribution < 1.29 is 22.7 Å². The molecule has 2 amide bonds. The van der Waals surface area contributed by atoms with E-state index in [1.807, 2.05) is 58.0 Å². The van der Waals surface area contributed by atoms with Crippen molar-refractivity contribution >= 4 is 27.5 Å². The Bertz CT molecular complexity index is 1430. The zero-order valence-electron chi connectivity index (χ0n) is 24.6. The Balaban J connectivity index is 2.07. The molecule has 0 fully saturated rings. The van der Waals surface area contributed by atoms with E-state index in [4.69, 9.17) is 4.74 Å². The maximum atomic E-state index is 14.2. The van der Waals surface area contributed by atoms with Crippen LogP contribution in [-0.4, -0.2) is 51.4 Å². The fourth-order valence-electron chi connectivity index (χ4n) is 4.61. The molecule has 0 saturated heterocycles. The number of amides is 2. The van der Waals surface area contributed by atoms with E-state index in [0.29, 0.717) is 30.0 Å². The van der Waals surface area contributed by atoms with Gasteiger partial charge in [-0.1, -0.05) is 62.7 Å². The number of sulfonamides is 1. The molecule has 0 radical (unpaired) electrons. The van der Waals surface area contributed by atoms with Crippen molar-refractivity contribution in [3.8, 4) is 5.75 Å². The van der Waals surface area contributed by atoms with Crippen LogP contribution in [0, 0.1) is 13.8 Å². The molecule has 0 bridgehead atoms. The highest BCUT2D eigenvalue weighted by molar-refractivity contribution is 7.92. The van der Waals surface area contributed by atoms with Crippen molar-refractivity contribution in [3.05, 3.63) is 89.5 Å². The molecule has 41 heavy (non-hydrogen) atoms. The fraction of sp³-hybridized carbons (Fsp3) is 0.375. The lowest BCUT2D eigenvalue weighted by molar-refractivity contribution is -0.140. The average molecular weight is 580 g/mol. The van der Waals surface area contributed by atoms with Crippen LogP contribution in [-0.2, 0) is 26.2 Å². The molecule has 0 spiro atoms. The maximum Gasteiger partial charge on any atom is 0.264 e. The minimum atomic E-state index is -4.11. The number of hydrogen-bond donors (Lipinski definition) is 1. The summed E-state index contributed by atoms with van der Waals surface area (Å²) in [5.41, 5.74) is 2.76. The van der Waals surface area contributed by atoms with Gasteiger partial charge in [0.2, 0.25) is 11.8 Å². The second kappa shape index (κ2) is 14.7. The minimum Gasteiger partial charge on any atom is -0.497 e. The van der Waals surface area contributed by atoms with Crippen LogP contribution in [0.2, 0.25) is 0 Å². The summed E-state index contributed by atoms with van der Waals surface area (Å²) in [6, 6.07) is 20.1. The second-order valence-electron chi connectivity index (χ2n) is 10.1. The van der Waals surface area contributed by atoms with Gasteiger partial charge in [-0.3, -0.25) is 13.9 Å². The molecule has 3 aromatic rings. The monoisotopic (exact) mass is 579 g/mol. The van der Waals surface area contributed by atoms with E-state index in [1.165, 1.54) is 17.0 Å². The molecule has 220 valence electrons. The number of nitrogens with one attached hydrogen (secondary N) is 1. The molecule has 1 atom stereocenters. The SMILES string of the molecule is CCCCNC(=O)C(CC)N(Cc1cccc(OC)c1)C(=O)CN(c1cc(C)ccc1C)S(=O)(=O)c1ccccc1. The van der Waals surface area contributed by atoms with Gasteiger partial charge >= 0.3 is 0 Å². The summed E-state index contributed by atoms with van der Waals surface area (Å²) in [6.07, 6.45) is 2.11. The lowest BCUT2D eigenvalue weighted by atomic mass is 10.1. The van der Waals surface area contributed by atoms with Gasteiger partial charge in [-0.05, 0) is 73.7 Å². The predicted octanol–water partition coefficient (Wildman–Crippen LogP) is 5.23. The topological polar surface area (TPSA) is 96.0 Å². The van der Waals surface area contributed by atoms with Crippen LogP contribution in [0.15, 0.2) is 77.7 Å². The normalized spacial score (nSPS) is 11.9. The van der Waals surface area contributed by atoms with E-state index < -0.39 is 28.5 Å². The number of hydrogen-bond acceptors (Lipinski definition) is 5. The molecule has 0 aliphatic carbocycles. The fourth-order valence-corrected chi connectivity index (χ4v) is 6.11. The van der Waals surface area contributed by atoms with Crippen molar-refractivity contribution in [2.45, 2.75) is 64.4 Å². The lowest BCUT2D eigenvalue weighted by Crippen LogP contribution is -2.52. The van der Waals surface area contributed by atoms with Gasteiger partial charge in [0.15, 0.2) is 0 Å². The molecule has 9 heteroatoms. The number of unbranched alkanes of at least 4 members (excludes halogenated alkanes) is 1. The third-order valence-electron chi connectivity index (χ3n) is 6.95. The molecule has 0 aliphatic rings. The molecule has 0 aliphatic heterocycles. The Morgan fingerprint density at radius 2 is 1.68 bits per heavy atom. The number of carbonyl (C=O) groups excluding carboxylic acids is 2. The van der Waals surface area contributed by atoms with Gasteiger partial charge in [-0.15, -0.1) is 0 Å². The van der Waals surface area contributed by atoms with Gasteiger partial charge < -0.3 is 15.0 Å². The van der Waals surface area contributed by atoms with Gasteiger partial charge in [0, 0.05) is 13.1 Å². The molecule has 3 rings (SSSR count). The van der Waals surface area contributed by atoms with Gasteiger partial charge in [-0.2, -0.15) is 0 Å². The molecule has 1 unspecified atom stereocenters. The minimum absolute atomic E-state index is 0.0809.